The van der Waals surface area contributed by atoms with Crippen LogP contribution in [-0.2, 0) is 19.4 Å². The van der Waals surface area contributed by atoms with E-state index in [4.69, 9.17) is 4.74 Å². The lowest BCUT2D eigenvalue weighted by Gasteiger charge is -2.36. The third kappa shape index (κ3) is 5.50. The van der Waals surface area contributed by atoms with Crippen molar-refractivity contribution in [3.63, 3.8) is 0 Å². The van der Waals surface area contributed by atoms with Crippen molar-refractivity contribution < 1.29 is 22.7 Å². The van der Waals surface area contributed by atoms with Gasteiger partial charge in [-0.15, -0.1) is 0 Å². The number of hydrogen-bond donors (Lipinski definition) is 1. The molecule has 1 aromatic carbocycles. The summed E-state index contributed by atoms with van der Waals surface area (Å²) in [5, 5.41) is 2.48. The van der Waals surface area contributed by atoms with Gasteiger partial charge in [-0.05, 0) is 51.5 Å². The van der Waals surface area contributed by atoms with E-state index in [-0.39, 0.29) is 41.1 Å². The number of fused-ring (bicyclic) bond motifs is 2. The topological polar surface area (TPSA) is 96.0 Å². The molecule has 2 saturated heterocycles. The van der Waals surface area contributed by atoms with E-state index in [1.54, 1.807) is 32.9 Å². The smallest absolute Gasteiger partial charge is 0.407 e. The van der Waals surface area contributed by atoms with Crippen molar-refractivity contribution in [1.29, 1.82) is 0 Å². The van der Waals surface area contributed by atoms with Crippen LogP contribution in [0.15, 0.2) is 29.2 Å². The Labute approximate surface area is 184 Å². The van der Waals surface area contributed by atoms with Crippen LogP contribution in [0.2, 0.25) is 0 Å². The number of benzene rings is 1. The zero-order chi connectivity index (χ0) is 23.0. The van der Waals surface area contributed by atoms with E-state index in [0.717, 1.165) is 25.2 Å². The van der Waals surface area contributed by atoms with Gasteiger partial charge in [0, 0.05) is 37.3 Å². The summed E-state index contributed by atoms with van der Waals surface area (Å²) in [4.78, 5) is 28.5. The number of hydrogen-bond acceptors (Lipinski definition) is 6. The molecule has 1 N–H and O–H groups in total. The average Bonchev–Trinajstić information content (AvgIpc) is 3.26. The fourth-order valence-electron chi connectivity index (χ4n) is 4.15. The van der Waals surface area contributed by atoms with Crippen LogP contribution in [0.3, 0.4) is 0 Å². The lowest BCUT2D eigenvalue weighted by Crippen LogP contribution is -2.50. The number of alkyl carbamates (subject to hydrolysis) is 1. The molecule has 3 rings (SSSR count). The summed E-state index contributed by atoms with van der Waals surface area (Å²) >= 11 is 0. The van der Waals surface area contributed by atoms with E-state index in [1.807, 2.05) is 30.9 Å². The van der Waals surface area contributed by atoms with Gasteiger partial charge in [0.15, 0.2) is 9.84 Å². The highest BCUT2D eigenvalue weighted by atomic mass is 32.2. The first-order chi connectivity index (χ1) is 14.4. The molecule has 2 fully saturated rings. The minimum atomic E-state index is -3.52. The SMILES string of the molecule is CC(C)C(=O)N1C[C@@H]2C[C@H]1CN2c1ccc(S(=O)(=O)CCNC(=O)OC(C)(C)C)cc1. The number of anilines is 1. The summed E-state index contributed by atoms with van der Waals surface area (Å²) in [6, 6.07) is 7.37. The number of amides is 2. The first kappa shape index (κ1) is 23.4. The van der Waals surface area contributed by atoms with Crippen molar-refractivity contribution in [2.24, 2.45) is 5.92 Å². The molecule has 2 amide bonds. The number of carbonyl (C=O) groups excluding carboxylic acids is 2. The fourth-order valence-corrected chi connectivity index (χ4v) is 5.31. The number of carbonyl (C=O) groups is 2. The Morgan fingerprint density at radius 3 is 2.29 bits per heavy atom. The van der Waals surface area contributed by atoms with Crippen LogP contribution in [0.4, 0.5) is 10.5 Å². The van der Waals surface area contributed by atoms with Gasteiger partial charge in [0.1, 0.15) is 5.60 Å². The Bertz CT molecular complexity index is 921. The van der Waals surface area contributed by atoms with E-state index in [9.17, 15) is 18.0 Å². The highest BCUT2D eigenvalue weighted by Crippen LogP contribution is 2.35. The van der Waals surface area contributed by atoms with Crippen LogP contribution in [0.25, 0.3) is 0 Å². The van der Waals surface area contributed by atoms with Crippen LogP contribution in [0.1, 0.15) is 41.0 Å². The van der Waals surface area contributed by atoms with Gasteiger partial charge in [0.2, 0.25) is 5.91 Å². The minimum absolute atomic E-state index is 0.00194. The van der Waals surface area contributed by atoms with E-state index >= 15 is 0 Å². The number of nitrogens with one attached hydrogen (secondary N) is 1. The van der Waals surface area contributed by atoms with Crippen molar-refractivity contribution in [1.82, 2.24) is 10.2 Å². The molecular formula is C22H33N3O5S. The third-order valence-electron chi connectivity index (χ3n) is 5.58. The Balaban J connectivity index is 1.56. The van der Waals surface area contributed by atoms with Crippen LogP contribution in [0, 0.1) is 5.92 Å². The van der Waals surface area contributed by atoms with Crippen LogP contribution in [-0.4, -0.2) is 68.4 Å². The average molecular weight is 452 g/mol. The Morgan fingerprint density at radius 2 is 1.77 bits per heavy atom. The van der Waals surface area contributed by atoms with Crippen LogP contribution >= 0.6 is 0 Å². The molecule has 2 bridgehead atoms. The summed E-state index contributed by atoms with van der Waals surface area (Å²) in [5.41, 5.74) is 0.336. The highest BCUT2D eigenvalue weighted by molar-refractivity contribution is 7.91. The zero-order valence-electron chi connectivity index (χ0n) is 18.9. The van der Waals surface area contributed by atoms with Crippen molar-refractivity contribution in [2.75, 3.05) is 30.3 Å². The molecule has 8 nitrogen and oxygen atoms in total. The van der Waals surface area contributed by atoms with Gasteiger partial charge in [-0.2, -0.15) is 0 Å². The molecule has 2 heterocycles. The Hall–Kier alpha value is -2.29. The summed E-state index contributed by atoms with van der Waals surface area (Å²) in [5.74, 6) is 0.00223. The van der Waals surface area contributed by atoms with Gasteiger partial charge in [-0.25, -0.2) is 13.2 Å². The normalized spacial score (nSPS) is 21.0. The molecule has 172 valence electrons. The first-order valence-electron chi connectivity index (χ1n) is 10.7. The lowest BCUT2D eigenvalue weighted by atomic mass is 10.1. The minimum Gasteiger partial charge on any atom is -0.444 e. The van der Waals surface area contributed by atoms with E-state index in [0.29, 0.717) is 0 Å². The molecule has 2 atom stereocenters. The molecule has 1 aromatic rings. The molecule has 0 spiro atoms. The van der Waals surface area contributed by atoms with E-state index < -0.39 is 21.5 Å². The largest absolute Gasteiger partial charge is 0.444 e. The van der Waals surface area contributed by atoms with Gasteiger partial charge in [0.05, 0.1) is 16.7 Å². The maximum atomic E-state index is 12.6. The van der Waals surface area contributed by atoms with Gasteiger partial charge in [-0.1, -0.05) is 13.8 Å². The number of rotatable bonds is 6. The van der Waals surface area contributed by atoms with Crippen LogP contribution in [0.5, 0.6) is 0 Å². The lowest BCUT2D eigenvalue weighted by molar-refractivity contribution is -0.135. The maximum Gasteiger partial charge on any atom is 0.407 e. The third-order valence-corrected chi connectivity index (χ3v) is 7.32. The second kappa shape index (κ2) is 8.68. The monoisotopic (exact) mass is 451 g/mol. The van der Waals surface area contributed by atoms with Gasteiger partial charge in [-0.3, -0.25) is 4.79 Å². The predicted octanol–water partition coefficient (Wildman–Crippen LogP) is 2.43. The van der Waals surface area contributed by atoms with Crippen molar-refractivity contribution in [3.05, 3.63) is 24.3 Å². The molecular weight excluding hydrogens is 418 g/mol. The number of likely N-dealkylation sites (tertiary alicyclic amines) is 1. The fraction of sp³-hybridized carbons (Fsp3) is 0.636. The quantitative estimate of drug-likeness (QED) is 0.714. The second-order valence-corrected chi connectivity index (χ2v) is 11.7. The molecule has 0 saturated carbocycles. The van der Waals surface area contributed by atoms with E-state index in [1.165, 1.54) is 0 Å². The number of ether oxygens (including phenoxy) is 1. The first-order valence-corrected chi connectivity index (χ1v) is 12.4. The van der Waals surface area contributed by atoms with Crippen molar-refractivity contribution >= 4 is 27.5 Å². The van der Waals surface area contributed by atoms with E-state index in [2.05, 4.69) is 10.2 Å². The van der Waals surface area contributed by atoms with Gasteiger partial charge >= 0.3 is 6.09 Å². The summed E-state index contributed by atoms with van der Waals surface area (Å²) < 4.78 is 30.3. The molecule has 0 aliphatic carbocycles. The van der Waals surface area contributed by atoms with Crippen LogP contribution < -0.4 is 10.2 Å². The Kier molecular flexibility index (Phi) is 6.55. The summed E-state index contributed by atoms with van der Waals surface area (Å²) in [7, 11) is -3.52. The van der Waals surface area contributed by atoms with Gasteiger partial charge in [0.25, 0.3) is 0 Å². The molecule has 2 aliphatic heterocycles. The summed E-state index contributed by atoms with van der Waals surface area (Å²) in [6.45, 7) is 10.6. The standard InChI is InChI=1S/C22H33N3O5S/c1-15(2)20(26)25-14-17-12-18(25)13-24(17)16-6-8-19(9-7-16)31(28,29)11-10-23-21(27)30-22(3,4)5/h6-9,15,17-18H,10-14H2,1-5H3,(H,23,27)/t17-,18-/m0/s1. The molecule has 0 unspecified atom stereocenters. The van der Waals surface area contributed by atoms with Gasteiger partial charge < -0.3 is 19.9 Å². The van der Waals surface area contributed by atoms with Crippen molar-refractivity contribution in [2.45, 2.75) is 63.6 Å². The molecule has 31 heavy (non-hydrogen) atoms. The number of nitrogens with zero attached hydrogens (tertiary/aromatic N) is 2. The Morgan fingerprint density at radius 1 is 1.13 bits per heavy atom. The molecule has 9 heteroatoms. The maximum absolute atomic E-state index is 12.6. The molecule has 0 radical (unpaired) electrons. The highest BCUT2D eigenvalue weighted by Gasteiger charge is 2.45. The van der Waals surface area contributed by atoms with Crippen molar-refractivity contribution in [3.8, 4) is 0 Å². The second-order valence-electron chi connectivity index (χ2n) is 9.58. The summed E-state index contributed by atoms with van der Waals surface area (Å²) in [6.07, 6.45) is 0.321. The molecule has 0 aromatic heterocycles. The predicted molar refractivity (Wildman–Crippen MR) is 119 cm³/mol. The number of piperazine rings is 1. The molecule has 2 aliphatic rings. The number of sulfone groups is 1. The zero-order valence-corrected chi connectivity index (χ0v) is 19.7.